The minimum absolute atomic E-state index is 0.0609. The van der Waals surface area contributed by atoms with E-state index in [0.717, 1.165) is 25.1 Å². The fourth-order valence-electron chi connectivity index (χ4n) is 2.24. The third-order valence-electron chi connectivity index (χ3n) is 3.58. The molecular weight excluding hydrogens is 226 g/mol. The van der Waals surface area contributed by atoms with Gasteiger partial charge in [-0.05, 0) is 25.0 Å². The number of benzene rings is 1. The van der Waals surface area contributed by atoms with Crippen molar-refractivity contribution in [2.45, 2.75) is 32.7 Å². The van der Waals surface area contributed by atoms with Crippen LogP contribution in [0.2, 0.25) is 0 Å². The molecule has 1 fully saturated rings. The van der Waals surface area contributed by atoms with Crippen molar-refractivity contribution in [2.75, 3.05) is 18.1 Å². The molecule has 1 aromatic rings. The minimum Gasteiger partial charge on any atom is -0.379 e. The lowest BCUT2D eigenvalue weighted by molar-refractivity contribution is -0.122. The molecule has 3 nitrogen and oxygen atoms in total. The Hall–Kier alpha value is -1.35. The third-order valence-corrected chi connectivity index (χ3v) is 3.58. The summed E-state index contributed by atoms with van der Waals surface area (Å²) >= 11 is 0. The van der Waals surface area contributed by atoms with Crippen LogP contribution < -0.4 is 4.90 Å². The van der Waals surface area contributed by atoms with Crippen molar-refractivity contribution in [2.24, 2.45) is 5.92 Å². The van der Waals surface area contributed by atoms with E-state index in [1.165, 1.54) is 0 Å². The van der Waals surface area contributed by atoms with E-state index in [-0.39, 0.29) is 17.9 Å². The lowest BCUT2D eigenvalue weighted by Crippen LogP contribution is -2.43. The summed E-state index contributed by atoms with van der Waals surface area (Å²) in [6.07, 6.45) is 1.80. The fraction of sp³-hybridized carbons (Fsp3) is 0.533. The maximum absolute atomic E-state index is 12.5. The Labute approximate surface area is 109 Å². The van der Waals surface area contributed by atoms with Crippen LogP contribution in [-0.4, -0.2) is 25.2 Å². The molecule has 1 aromatic carbocycles. The zero-order chi connectivity index (χ0) is 13.0. The SMILES string of the molecule is CC[C@@H](C)C(=O)N(c1ccccc1)[C@@H]1CCOC1. The number of para-hydroxylation sites is 1. The molecule has 0 radical (unpaired) electrons. The number of carbonyl (C=O) groups is 1. The first kappa shape index (κ1) is 13.1. The lowest BCUT2D eigenvalue weighted by Gasteiger charge is -2.30. The first-order valence-electron chi connectivity index (χ1n) is 6.70. The number of hydrogen-bond donors (Lipinski definition) is 0. The largest absolute Gasteiger partial charge is 0.379 e. The van der Waals surface area contributed by atoms with Gasteiger partial charge in [0.05, 0.1) is 12.6 Å². The number of anilines is 1. The highest BCUT2D eigenvalue weighted by Gasteiger charge is 2.30. The number of amides is 1. The van der Waals surface area contributed by atoms with Crippen LogP contribution in [-0.2, 0) is 9.53 Å². The standard InChI is InChI=1S/C15H21NO2/c1-3-12(2)15(17)16(14-9-10-18-11-14)13-7-5-4-6-8-13/h4-8,12,14H,3,9-11H2,1-2H3/t12-,14-/m1/s1. The molecule has 0 unspecified atom stereocenters. The van der Waals surface area contributed by atoms with E-state index < -0.39 is 0 Å². The van der Waals surface area contributed by atoms with Crippen LogP contribution in [0.25, 0.3) is 0 Å². The topological polar surface area (TPSA) is 29.5 Å². The van der Waals surface area contributed by atoms with E-state index in [1.807, 2.05) is 42.2 Å². The Kier molecular flexibility index (Phi) is 4.37. The summed E-state index contributed by atoms with van der Waals surface area (Å²) in [5.41, 5.74) is 0.985. The Balaban J connectivity index is 2.25. The second-order valence-electron chi connectivity index (χ2n) is 4.87. The van der Waals surface area contributed by atoms with E-state index in [0.29, 0.717) is 6.61 Å². The van der Waals surface area contributed by atoms with Gasteiger partial charge in [-0.25, -0.2) is 0 Å². The zero-order valence-corrected chi connectivity index (χ0v) is 11.1. The molecule has 0 bridgehead atoms. The first-order valence-corrected chi connectivity index (χ1v) is 6.70. The van der Waals surface area contributed by atoms with E-state index >= 15 is 0 Å². The van der Waals surface area contributed by atoms with E-state index in [1.54, 1.807) is 0 Å². The van der Waals surface area contributed by atoms with Crippen LogP contribution in [0.4, 0.5) is 5.69 Å². The molecule has 1 heterocycles. The lowest BCUT2D eigenvalue weighted by atomic mass is 10.0. The molecule has 1 aliphatic heterocycles. The summed E-state index contributed by atoms with van der Waals surface area (Å²) in [6.45, 7) is 5.45. The van der Waals surface area contributed by atoms with Crippen LogP contribution in [0, 0.1) is 5.92 Å². The van der Waals surface area contributed by atoms with Gasteiger partial charge in [0.25, 0.3) is 0 Å². The predicted molar refractivity (Wildman–Crippen MR) is 72.6 cm³/mol. The third kappa shape index (κ3) is 2.72. The normalized spacial score (nSPS) is 20.7. The molecule has 0 aliphatic carbocycles. The van der Waals surface area contributed by atoms with Gasteiger partial charge in [-0.1, -0.05) is 32.0 Å². The van der Waals surface area contributed by atoms with Gasteiger partial charge < -0.3 is 9.64 Å². The molecule has 2 rings (SSSR count). The van der Waals surface area contributed by atoms with Crippen molar-refractivity contribution >= 4 is 11.6 Å². The summed E-state index contributed by atoms with van der Waals surface area (Å²) in [5.74, 6) is 0.269. The van der Waals surface area contributed by atoms with Crippen molar-refractivity contribution in [3.63, 3.8) is 0 Å². The highest BCUT2D eigenvalue weighted by atomic mass is 16.5. The monoisotopic (exact) mass is 247 g/mol. The molecular formula is C15H21NO2. The molecule has 18 heavy (non-hydrogen) atoms. The number of ether oxygens (including phenoxy) is 1. The molecule has 1 saturated heterocycles. The minimum atomic E-state index is 0.0609. The smallest absolute Gasteiger partial charge is 0.230 e. The van der Waals surface area contributed by atoms with Crippen molar-refractivity contribution < 1.29 is 9.53 Å². The van der Waals surface area contributed by atoms with Gasteiger partial charge in [-0.3, -0.25) is 4.79 Å². The molecule has 0 saturated carbocycles. The van der Waals surface area contributed by atoms with Crippen molar-refractivity contribution in [3.8, 4) is 0 Å². The van der Waals surface area contributed by atoms with Crippen LogP contribution in [0.3, 0.4) is 0 Å². The van der Waals surface area contributed by atoms with Crippen molar-refractivity contribution in [1.82, 2.24) is 0 Å². The molecule has 1 aliphatic rings. The second kappa shape index (κ2) is 6.01. The summed E-state index contributed by atoms with van der Waals surface area (Å²) in [5, 5.41) is 0. The number of rotatable bonds is 4. The summed E-state index contributed by atoms with van der Waals surface area (Å²) in [7, 11) is 0. The quantitative estimate of drug-likeness (QED) is 0.818. The molecule has 2 atom stereocenters. The first-order chi connectivity index (χ1) is 8.74. The van der Waals surface area contributed by atoms with Gasteiger partial charge in [0.1, 0.15) is 0 Å². The molecule has 3 heteroatoms. The van der Waals surface area contributed by atoms with E-state index in [9.17, 15) is 4.79 Å². The number of nitrogens with zero attached hydrogens (tertiary/aromatic N) is 1. The number of hydrogen-bond acceptors (Lipinski definition) is 2. The molecule has 0 aromatic heterocycles. The van der Waals surface area contributed by atoms with Gasteiger partial charge in [0, 0.05) is 18.2 Å². The molecule has 0 spiro atoms. The van der Waals surface area contributed by atoms with Crippen LogP contribution in [0.1, 0.15) is 26.7 Å². The second-order valence-corrected chi connectivity index (χ2v) is 4.87. The Morgan fingerprint density at radius 2 is 2.17 bits per heavy atom. The average Bonchev–Trinajstić information content (AvgIpc) is 2.93. The van der Waals surface area contributed by atoms with Gasteiger partial charge in [-0.2, -0.15) is 0 Å². The highest BCUT2D eigenvalue weighted by molar-refractivity contribution is 5.95. The number of carbonyl (C=O) groups excluding carboxylic acids is 1. The molecule has 98 valence electrons. The maximum Gasteiger partial charge on any atom is 0.230 e. The summed E-state index contributed by atoms with van der Waals surface area (Å²) in [4.78, 5) is 14.5. The molecule has 0 N–H and O–H groups in total. The van der Waals surface area contributed by atoms with Crippen LogP contribution in [0.5, 0.6) is 0 Å². The van der Waals surface area contributed by atoms with Crippen molar-refractivity contribution in [1.29, 1.82) is 0 Å². The summed E-state index contributed by atoms with van der Waals surface area (Å²) < 4.78 is 5.43. The Bertz CT molecular complexity index is 385. The average molecular weight is 247 g/mol. The summed E-state index contributed by atoms with van der Waals surface area (Å²) in [6, 6.07) is 10.1. The fourth-order valence-corrected chi connectivity index (χ4v) is 2.24. The van der Waals surface area contributed by atoms with Gasteiger partial charge >= 0.3 is 0 Å². The van der Waals surface area contributed by atoms with Crippen LogP contribution >= 0.6 is 0 Å². The highest BCUT2D eigenvalue weighted by Crippen LogP contribution is 2.24. The van der Waals surface area contributed by atoms with E-state index in [2.05, 4.69) is 6.92 Å². The van der Waals surface area contributed by atoms with Crippen LogP contribution in [0.15, 0.2) is 30.3 Å². The Morgan fingerprint density at radius 3 is 2.72 bits per heavy atom. The van der Waals surface area contributed by atoms with Gasteiger partial charge in [0.2, 0.25) is 5.91 Å². The van der Waals surface area contributed by atoms with E-state index in [4.69, 9.17) is 4.74 Å². The predicted octanol–water partition coefficient (Wildman–Crippen LogP) is 2.85. The Morgan fingerprint density at radius 1 is 1.44 bits per heavy atom. The molecule has 1 amide bonds. The van der Waals surface area contributed by atoms with Crippen molar-refractivity contribution in [3.05, 3.63) is 30.3 Å². The van der Waals surface area contributed by atoms with Gasteiger partial charge in [-0.15, -0.1) is 0 Å². The zero-order valence-electron chi connectivity index (χ0n) is 11.1. The maximum atomic E-state index is 12.5. The van der Waals surface area contributed by atoms with Gasteiger partial charge in [0.15, 0.2) is 0 Å².